The van der Waals surface area contributed by atoms with Crippen LogP contribution in [0.2, 0.25) is 0 Å². The molecular weight excluding hydrogens is 288 g/mol. The summed E-state index contributed by atoms with van der Waals surface area (Å²) < 4.78 is 5.01. The summed E-state index contributed by atoms with van der Waals surface area (Å²) in [7, 11) is 1.50. The minimum absolute atomic E-state index is 0.00192. The van der Waals surface area contributed by atoms with Crippen molar-refractivity contribution in [2.24, 2.45) is 11.8 Å². The highest BCUT2D eigenvalue weighted by Crippen LogP contribution is 2.34. The molecule has 1 aromatic carbocycles. The second-order valence-corrected chi connectivity index (χ2v) is 7.20. The van der Waals surface area contributed by atoms with Gasteiger partial charge in [0.1, 0.15) is 0 Å². The second kappa shape index (κ2) is 7.45. The predicted molar refractivity (Wildman–Crippen MR) is 91.0 cm³/mol. The van der Waals surface area contributed by atoms with Gasteiger partial charge in [0, 0.05) is 31.7 Å². The highest BCUT2D eigenvalue weighted by atomic mass is 16.5. The van der Waals surface area contributed by atoms with E-state index in [-0.39, 0.29) is 11.9 Å². The Hall–Kier alpha value is -1.39. The third-order valence-corrected chi connectivity index (χ3v) is 5.32. The normalized spacial score (nSPS) is 31.4. The number of rotatable bonds is 5. The van der Waals surface area contributed by atoms with Crippen LogP contribution in [0.1, 0.15) is 31.7 Å². The minimum Gasteiger partial charge on any atom is -0.469 e. The van der Waals surface area contributed by atoms with Gasteiger partial charge < -0.3 is 10.1 Å². The molecule has 1 aliphatic carbocycles. The van der Waals surface area contributed by atoms with Crippen molar-refractivity contribution in [2.75, 3.05) is 20.2 Å². The molecule has 2 unspecified atom stereocenters. The number of methoxy groups -OCH3 is 1. The van der Waals surface area contributed by atoms with E-state index in [9.17, 15) is 4.79 Å². The summed E-state index contributed by atoms with van der Waals surface area (Å²) in [4.78, 5) is 14.6. The number of hydrogen-bond donors (Lipinski definition) is 1. The Labute approximate surface area is 139 Å². The zero-order valence-electron chi connectivity index (χ0n) is 14.2. The van der Waals surface area contributed by atoms with Gasteiger partial charge in [0.05, 0.1) is 13.0 Å². The van der Waals surface area contributed by atoms with E-state index in [1.807, 2.05) is 6.07 Å². The number of benzene rings is 1. The molecule has 1 N–H and O–H groups in total. The first-order valence-corrected chi connectivity index (χ1v) is 8.75. The van der Waals surface area contributed by atoms with Gasteiger partial charge in [-0.25, -0.2) is 0 Å². The number of piperidine rings is 1. The standard InChI is InChI=1S/C19H28N2O2/c1-14-8-18(9-14)21-12-16(19(22)23-2)10-17(13-21)20-11-15-6-4-3-5-7-15/h3-7,14,16-18,20H,8-13H2,1-2H3. The van der Waals surface area contributed by atoms with E-state index in [4.69, 9.17) is 4.74 Å². The van der Waals surface area contributed by atoms with Crippen molar-refractivity contribution in [2.45, 2.75) is 44.8 Å². The predicted octanol–water partition coefficient (Wildman–Crippen LogP) is 2.44. The molecule has 2 aliphatic rings. The lowest BCUT2D eigenvalue weighted by Gasteiger charge is -2.47. The van der Waals surface area contributed by atoms with Crippen LogP contribution in [0.3, 0.4) is 0 Å². The van der Waals surface area contributed by atoms with Gasteiger partial charge in [-0.1, -0.05) is 37.3 Å². The minimum atomic E-state index is -0.0615. The number of carbonyl (C=O) groups excluding carboxylic acids is 1. The fraction of sp³-hybridized carbons (Fsp3) is 0.632. The van der Waals surface area contributed by atoms with E-state index in [2.05, 4.69) is 41.4 Å². The lowest BCUT2D eigenvalue weighted by atomic mass is 9.79. The van der Waals surface area contributed by atoms with Crippen molar-refractivity contribution in [3.63, 3.8) is 0 Å². The Morgan fingerprint density at radius 2 is 1.96 bits per heavy atom. The van der Waals surface area contributed by atoms with Crippen molar-refractivity contribution in [1.82, 2.24) is 10.2 Å². The monoisotopic (exact) mass is 316 g/mol. The van der Waals surface area contributed by atoms with Crippen LogP contribution in [0, 0.1) is 11.8 Å². The molecule has 23 heavy (non-hydrogen) atoms. The summed E-state index contributed by atoms with van der Waals surface area (Å²) in [6.45, 7) is 5.06. The number of nitrogens with one attached hydrogen (secondary N) is 1. The van der Waals surface area contributed by atoms with Gasteiger partial charge in [0.15, 0.2) is 0 Å². The molecular formula is C19H28N2O2. The van der Waals surface area contributed by atoms with Gasteiger partial charge in [0.25, 0.3) is 0 Å². The molecule has 4 nitrogen and oxygen atoms in total. The smallest absolute Gasteiger partial charge is 0.310 e. The first-order chi connectivity index (χ1) is 11.2. The van der Waals surface area contributed by atoms with E-state index < -0.39 is 0 Å². The Bertz CT molecular complexity index is 513. The van der Waals surface area contributed by atoms with E-state index in [0.29, 0.717) is 12.1 Å². The van der Waals surface area contributed by atoms with Crippen LogP contribution in [0.15, 0.2) is 30.3 Å². The fourth-order valence-corrected chi connectivity index (χ4v) is 3.93. The van der Waals surface area contributed by atoms with Crippen LogP contribution in [0.5, 0.6) is 0 Å². The van der Waals surface area contributed by atoms with Crippen LogP contribution in [-0.2, 0) is 16.1 Å². The Morgan fingerprint density at radius 1 is 1.22 bits per heavy atom. The molecule has 1 aromatic rings. The second-order valence-electron chi connectivity index (χ2n) is 7.20. The first-order valence-electron chi connectivity index (χ1n) is 8.75. The molecule has 3 rings (SSSR count). The van der Waals surface area contributed by atoms with Gasteiger partial charge >= 0.3 is 5.97 Å². The zero-order valence-corrected chi connectivity index (χ0v) is 14.2. The van der Waals surface area contributed by atoms with Gasteiger partial charge in [-0.05, 0) is 30.7 Å². The lowest BCUT2D eigenvalue weighted by Crippen LogP contribution is -2.56. The molecule has 0 aromatic heterocycles. The molecule has 0 amide bonds. The maximum absolute atomic E-state index is 12.0. The molecule has 1 saturated heterocycles. The molecule has 126 valence electrons. The van der Waals surface area contributed by atoms with Crippen molar-refractivity contribution < 1.29 is 9.53 Å². The highest BCUT2D eigenvalue weighted by molar-refractivity contribution is 5.72. The zero-order chi connectivity index (χ0) is 16.2. The maximum atomic E-state index is 12.0. The number of hydrogen-bond acceptors (Lipinski definition) is 4. The first kappa shape index (κ1) is 16.5. The number of nitrogens with zero attached hydrogens (tertiary/aromatic N) is 1. The van der Waals surface area contributed by atoms with Crippen LogP contribution in [0.4, 0.5) is 0 Å². The summed E-state index contributed by atoms with van der Waals surface area (Å²) in [5, 5.41) is 3.64. The lowest BCUT2D eigenvalue weighted by molar-refractivity contribution is -0.148. The highest BCUT2D eigenvalue weighted by Gasteiger charge is 2.38. The Kier molecular flexibility index (Phi) is 5.34. The van der Waals surface area contributed by atoms with Crippen LogP contribution < -0.4 is 5.32 Å². The average molecular weight is 316 g/mol. The number of carbonyl (C=O) groups is 1. The number of ether oxygens (including phenoxy) is 1. The quantitative estimate of drug-likeness (QED) is 0.847. The third kappa shape index (κ3) is 4.12. The number of likely N-dealkylation sites (tertiary alicyclic amines) is 1. The Morgan fingerprint density at radius 3 is 2.61 bits per heavy atom. The van der Waals surface area contributed by atoms with Crippen molar-refractivity contribution in [3.05, 3.63) is 35.9 Å². The Balaban J connectivity index is 1.60. The van der Waals surface area contributed by atoms with E-state index >= 15 is 0 Å². The van der Waals surface area contributed by atoms with Crippen LogP contribution in [0.25, 0.3) is 0 Å². The molecule has 4 heteroatoms. The summed E-state index contributed by atoms with van der Waals surface area (Å²) in [5.41, 5.74) is 1.29. The fourth-order valence-electron chi connectivity index (χ4n) is 3.93. The van der Waals surface area contributed by atoms with E-state index in [1.54, 1.807) is 0 Å². The van der Waals surface area contributed by atoms with Gasteiger partial charge in [-0.15, -0.1) is 0 Å². The molecule has 2 atom stereocenters. The van der Waals surface area contributed by atoms with Crippen molar-refractivity contribution >= 4 is 5.97 Å². The summed E-state index contributed by atoms with van der Waals surface area (Å²) in [5.74, 6) is 0.765. The molecule has 0 radical (unpaired) electrons. The van der Waals surface area contributed by atoms with Gasteiger partial charge in [-0.3, -0.25) is 9.69 Å². The van der Waals surface area contributed by atoms with Crippen LogP contribution >= 0.6 is 0 Å². The van der Waals surface area contributed by atoms with Crippen molar-refractivity contribution in [1.29, 1.82) is 0 Å². The maximum Gasteiger partial charge on any atom is 0.310 e. The number of esters is 1. The summed E-state index contributed by atoms with van der Waals surface area (Å²) in [6.07, 6.45) is 3.40. The molecule has 1 saturated carbocycles. The average Bonchev–Trinajstić information content (AvgIpc) is 2.57. The molecule has 0 bridgehead atoms. The molecule has 0 spiro atoms. The molecule has 1 heterocycles. The van der Waals surface area contributed by atoms with Crippen molar-refractivity contribution in [3.8, 4) is 0 Å². The van der Waals surface area contributed by atoms with E-state index in [0.717, 1.165) is 32.0 Å². The summed E-state index contributed by atoms with van der Waals surface area (Å²) in [6, 6.07) is 11.4. The largest absolute Gasteiger partial charge is 0.469 e. The topological polar surface area (TPSA) is 41.6 Å². The third-order valence-electron chi connectivity index (χ3n) is 5.32. The van der Waals surface area contributed by atoms with E-state index in [1.165, 1.54) is 25.5 Å². The van der Waals surface area contributed by atoms with Gasteiger partial charge in [0.2, 0.25) is 0 Å². The SMILES string of the molecule is COC(=O)C1CC(NCc2ccccc2)CN(C2CC(C)C2)C1. The molecule has 1 aliphatic heterocycles. The molecule has 2 fully saturated rings. The van der Waals surface area contributed by atoms with Gasteiger partial charge in [-0.2, -0.15) is 0 Å². The summed E-state index contributed by atoms with van der Waals surface area (Å²) >= 11 is 0. The van der Waals surface area contributed by atoms with Crippen LogP contribution in [-0.4, -0.2) is 43.2 Å².